The fraction of sp³-hybridized carbons (Fsp3) is 0.0588. The van der Waals surface area contributed by atoms with E-state index in [2.05, 4.69) is 20.3 Å². The van der Waals surface area contributed by atoms with Gasteiger partial charge in [-0.15, -0.1) is 0 Å². The van der Waals surface area contributed by atoms with Crippen LogP contribution in [0.4, 0.5) is 5.69 Å². The van der Waals surface area contributed by atoms with Crippen LogP contribution in [-0.2, 0) is 6.61 Å². The number of hydrogen-bond donors (Lipinski definition) is 1. The highest BCUT2D eigenvalue weighted by Crippen LogP contribution is 2.17. The summed E-state index contributed by atoms with van der Waals surface area (Å²) in [7, 11) is 0. The lowest BCUT2D eigenvalue weighted by molar-refractivity contribution is 0.102. The zero-order valence-electron chi connectivity index (χ0n) is 12.2. The predicted octanol–water partition coefficient (Wildman–Crippen LogP) is 2.70. The molecule has 2 heterocycles. The number of carbonyl (C=O) groups excluding carboxylic acids is 1. The Balaban J connectivity index is 1.73. The molecule has 0 saturated carbocycles. The average molecular weight is 306 g/mol. The maximum absolute atomic E-state index is 12.3. The summed E-state index contributed by atoms with van der Waals surface area (Å²) in [6.07, 6.45) is 5.97. The molecule has 23 heavy (non-hydrogen) atoms. The number of nitrogens with one attached hydrogen (secondary N) is 1. The molecule has 1 N–H and O–H groups in total. The first kappa shape index (κ1) is 14.6. The first-order valence-electron chi connectivity index (χ1n) is 7.01. The smallest absolute Gasteiger partial charge is 0.262 e. The number of hydrogen-bond acceptors (Lipinski definition) is 5. The second-order valence-corrected chi connectivity index (χ2v) is 4.71. The van der Waals surface area contributed by atoms with Gasteiger partial charge in [0.25, 0.3) is 5.91 Å². The van der Waals surface area contributed by atoms with Crippen LogP contribution in [0.5, 0.6) is 5.88 Å². The van der Waals surface area contributed by atoms with Gasteiger partial charge in [0.1, 0.15) is 18.5 Å². The summed E-state index contributed by atoms with van der Waals surface area (Å²) in [6, 6.07) is 13.2. The van der Waals surface area contributed by atoms with Crippen molar-refractivity contribution >= 4 is 11.6 Å². The number of anilines is 1. The van der Waals surface area contributed by atoms with Crippen molar-refractivity contribution in [3.8, 4) is 5.88 Å². The second kappa shape index (κ2) is 7.13. The molecule has 0 aliphatic carbocycles. The summed E-state index contributed by atoms with van der Waals surface area (Å²) in [4.78, 5) is 24.2. The lowest BCUT2D eigenvalue weighted by Gasteiger charge is -2.10. The van der Waals surface area contributed by atoms with Crippen LogP contribution in [0.15, 0.2) is 67.4 Å². The van der Waals surface area contributed by atoms with Crippen LogP contribution >= 0.6 is 0 Å². The maximum Gasteiger partial charge on any atom is 0.262 e. The summed E-state index contributed by atoms with van der Waals surface area (Å²) >= 11 is 0. The number of benzene rings is 1. The maximum atomic E-state index is 12.3. The van der Waals surface area contributed by atoms with Gasteiger partial charge in [0.05, 0.1) is 11.9 Å². The molecule has 114 valence electrons. The number of rotatable bonds is 5. The summed E-state index contributed by atoms with van der Waals surface area (Å²) < 4.78 is 5.65. The molecule has 0 unspecified atom stereocenters. The molecular weight excluding hydrogens is 292 g/mol. The van der Waals surface area contributed by atoms with Crippen LogP contribution in [0.25, 0.3) is 0 Å². The van der Waals surface area contributed by atoms with Crippen LogP contribution in [0.2, 0.25) is 0 Å². The van der Waals surface area contributed by atoms with E-state index in [0.717, 1.165) is 5.56 Å². The van der Waals surface area contributed by atoms with Gasteiger partial charge in [-0.1, -0.05) is 30.3 Å². The second-order valence-electron chi connectivity index (χ2n) is 4.71. The highest BCUT2D eigenvalue weighted by molar-refractivity contribution is 6.05. The highest BCUT2D eigenvalue weighted by Gasteiger charge is 2.14. The van der Waals surface area contributed by atoms with E-state index in [0.29, 0.717) is 12.3 Å². The lowest BCUT2D eigenvalue weighted by Crippen LogP contribution is -2.15. The molecule has 3 aromatic rings. The van der Waals surface area contributed by atoms with E-state index in [1.54, 1.807) is 24.5 Å². The Morgan fingerprint density at radius 3 is 2.70 bits per heavy atom. The van der Waals surface area contributed by atoms with Gasteiger partial charge in [0.15, 0.2) is 0 Å². The number of aromatic nitrogens is 3. The largest absolute Gasteiger partial charge is 0.472 e. The third-order valence-corrected chi connectivity index (χ3v) is 3.06. The summed E-state index contributed by atoms with van der Waals surface area (Å²) in [6.45, 7) is 0.324. The molecule has 0 fully saturated rings. The quantitative estimate of drug-likeness (QED) is 0.784. The lowest BCUT2D eigenvalue weighted by atomic mass is 10.2. The zero-order chi connectivity index (χ0) is 15.9. The Morgan fingerprint density at radius 1 is 1.04 bits per heavy atom. The topological polar surface area (TPSA) is 77.0 Å². The van der Waals surface area contributed by atoms with Crippen molar-refractivity contribution in [2.75, 3.05) is 5.32 Å². The van der Waals surface area contributed by atoms with Crippen molar-refractivity contribution in [3.63, 3.8) is 0 Å². The molecule has 0 aliphatic rings. The van der Waals surface area contributed by atoms with Crippen molar-refractivity contribution in [1.82, 2.24) is 15.0 Å². The van der Waals surface area contributed by atoms with Crippen LogP contribution in [0, 0.1) is 0 Å². The summed E-state index contributed by atoms with van der Waals surface area (Å²) in [5.74, 6) is -0.105. The molecule has 1 amide bonds. The highest BCUT2D eigenvalue weighted by atomic mass is 16.5. The molecule has 0 saturated heterocycles. The molecule has 0 atom stereocenters. The van der Waals surface area contributed by atoms with Crippen LogP contribution in [0.1, 0.15) is 15.9 Å². The van der Waals surface area contributed by atoms with Crippen molar-refractivity contribution in [1.29, 1.82) is 0 Å². The molecule has 1 aromatic carbocycles. The Kier molecular flexibility index (Phi) is 4.54. The molecule has 6 nitrogen and oxygen atoms in total. The minimum Gasteiger partial charge on any atom is -0.472 e. The van der Waals surface area contributed by atoms with Gasteiger partial charge < -0.3 is 10.1 Å². The van der Waals surface area contributed by atoms with Gasteiger partial charge in [0.2, 0.25) is 5.88 Å². The third-order valence-electron chi connectivity index (χ3n) is 3.06. The first-order chi connectivity index (χ1) is 11.3. The van der Waals surface area contributed by atoms with E-state index in [1.807, 2.05) is 30.3 Å². The number of ether oxygens (including phenoxy) is 1. The van der Waals surface area contributed by atoms with E-state index in [1.165, 1.54) is 12.5 Å². The van der Waals surface area contributed by atoms with Crippen molar-refractivity contribution in [2.45, 2.75) is 6.61 Å². The Labute approximate surface area is 133 Å². The fourth-order valence-corrected chi connectivity index (χ4v) is 1.95. The Morgan fingerprint density at radius 2 is 1.91 bits per heavy atom. The first-order valence-corrected chi connectivity index (χ1v) is 7.01. The minimum absolute atomic E-state index is 0.241. The summed E-state index contributed by atoms with van der Waals surface area (Å²) in [5, 5.41) is 2.74. The molecule has 0 radical (unpaired) electrons. The van der Waals surface area contributed by atoms with Gasteiger partial charge in [0, 0.05) is 12.4 Å². The SMILES string of the molecule is O=C(Nc1cccnc1)c1cncnc1OCc1ccccc1. The van der Waals surface area contributed by atoms with Gasteiger partial charge in [-0.05, 0) is 17.7 Å². The number of nitrogens with zero attached hydrogens (tertiary/aromatic N) is 3. The molecule has 2 aromatic heterocycles. The third kappa shape index (κ3) is 3.88. The van der Waals surface area contributed by atoms with Crippen molar-refractivity contribution in [2.24, 2.45) is 0 Å². The standard InChI is InChI=1S/C17H14N4O2/c22-16(21-14-7-4-8-18-9-14)15-10-19-12-20-17(15)23-11-13-5-2-1-3-6-13/h1-10,12H,11H2,(H,21,22). The van der Waals surface area contributed by atoms with E-state index >= 15 is 0 Å². The van der Waals surface area contributed by atoms with E-state index in [4.69, 9.17) is 4.74 Å². The molecule has 0 aliphatic heterocycles. The Hall–Kier alpha value is -3.28. The molecule has 0 spiro atoms. The summed E-state index contributed by atoms with van der Waals surface area (Å²) in [5.41, 5.74) is 1.85. The van der Waals surface area contributed by atoms with E-state index < -0.39 is 0 Å². The predicted molar refractivity (Wildman–Crippen MR) is 85.0 cm³/mol. The molecule has 6 heteroatoms. The van der Waals surface area contributed by atoms with Crippen molar-refractivity contribution in [3.05, 3.63) is 78.5 Å². The van der Waals surface area contributed by atoms with E-state index in [-0.39, 0.29) is 17.4 Å². The number of carbonyl (C=O) groups is 1. The van der Waals surface area contributed by atoms with Crippen LogP contribution in [0.3, 0.4) is 0 Å². The van der Waals surface area contributed by atoms with Crippen LogP contribution in [-0.4, -0.2) is 20.9 Å². The normalized spacial score (nSPS) is 10.1. The number of amides is 1. The van der Waals surface area contributed by atoms with Gasteiger partial charge in [-0.25, -0.2) is 9.97 Å². The van der Waals surface area contributed by atoms with Crippen molar-refractivity contribution < 1.29 is 9.53 Å². The van der Waals surface area contributed by atoms with Gasteiger partial charge in [-0.2, -0.15) is 0 Å². The van der Waals surface area contributed by atoms with Gasteiger partial charge >= 0.3 is 0 Å². The molecular formula is C17H14N4O2. The minimum atomic E-state index is -0.346. The molecule has 3 rings (SSSR count). The monoisotopic (exact) mass is 306 g/mol. The fourth-order valence-electron chi connectivity index (χ4n) is 1.95. The molecule has 0 bridgehead atoms. The zero-order valence-corrected chi connectivity index (χ0v) is 12.2. The van der Waals surface area contributed by atoms with Crippen LogP contribution < -0.4 is 10.1 Å². The number of pyridine rings is 1. The van der Waals surface area contributed by atoms with E-state index in [9.17, 15) is 4.79 Å². The average Bonchev–Trinajstić information content (AvgIpc) is 2.62. The Bertz CT molecular complexity index is 779. The van der Waals surface area contributed by atoms with Gasteiger partial charge in [-0.3, -0.25) is 9.78 Å².